The molecule has 1 heterocycles. The smallest absolute Gasteiger partial charge is 0.233 e. The van der Waals surface area contributed by atoms with Gasteiger partial charge in [0.05, 0.1) is 0 Å². The summed E-state index contributed by atoms with van der Waals surface area (Å²) in [4.78, 5) is 4.08. The molecule has 5 heteroatoms. The lowest BCUT2D eigenvalue weighted by Gasteiger charge is -2.26. The molecule has 0 spiro atoms. The highest BCUT2D eigenvalue weighted by atomic mass is 16.4. The molecule has 1 aliphatic heterocycles. The zero-order chi connectivity index (χ0) is 9.84. The summed E-state index contributed by atoms with van der Waals surface area (Å²) in [6.07, 6.45) is 2.24. The Labute approximate surface area is 78.8 Å². The van der Waals surface area contributed by atoms with E-state index >= 15 is 0 Å². The minimum Gasteiger partial charge on any atom is -0.408 e. The summed E-state index contributed by atoms with van der Waals surface area (Å²) in [6.45, 7) is 1.85. The quantitative estimate of drug-likeness (QED) is 0.269. The van der Waals surface area contributed by atoms with E-state index in [1.807, 2.05) is 19.0 Å². The number of nitrogens with zero attached hydrogens (tertiary/aromatic N) is 3. The number of nitrogens with two attached hydrogens (primary N) is 1. The highest BCUT2D eigenvalue weighted by Crippen LogP contribution is 2.16. The van der Waals surface area contributed by atoms with Crippen LogP contribution >= 0.6 is 0 Å². The van der Waals surface area contributed by atoms with Crippen molar-refractivity contribution in [2.45, 2.75) is 18.9 Å². The highest BCUT2D eigenvalue weighted by molar-refractivity contribution is 5.78. The van der Waals surface area contributed by atoms with Crippen LogP contribution in [0.3, 0.4) is 0 Å². The van der Waals surface area contributed by atoms with Crippen LogP contribution in [0.2, 0.25) is 0 Å². The molecule has 0 bridgehead atoms. The molecule has 1 atom stereocenters. The van der Waals surface area contributed by atoms with Crippen LogP contribution in [0.15, 0.2) is 5.16 Å². The second-order valence-corrected chi connectivity index (χ2v) is 3.71. The maximum absolute atomic E-state index is 8.55. The van der Waals surface area contributed by atoms with E-state index in [0.717, 1.165) is 25.9 Å². The summed E-state index contributed by atoms with van der Waals surface area (Å²) < 4.78 is 0. The first kappa shape index (κ1) is 10.1. The third-order valence-corrected chi connectivity index (χ3v) is 2.35. The molecule has 0 amide bonds. The first-order valence-electron chi connectivity index (χ1n) is 4.54. The largest absolute Gasteiger partial charge is 0.408 e. The SMILES string of the molecule is CN(C)CC1CCCN1C(N)=NO. The average molecular weight is 186 g/mol. The van der Waals surface area contributed by atoms with Gasteiger partial charge in [0, 0.05) is 19.1 Å². The van der Waals surface area contributed by atoms with Crippen molar-refractivity contribution in [3.63, 3.8) is 0 Å². The Morgan fingerprint density at radius 1 is 1.69 bits per heavy atom. The molecule has 1 saturated heterocycles. The highest BCUT2D eigenvalue weighted by Gasteiger charge is 2.26. The Morgan fingerprint density at radius 2 is 2.38 bits per heavy atom. The van der Waals surface area contributed by atoms with Gasteiger partial charge in [-0.2, -0.15) is 0 Å². The molecule has 5 nitrogen and oxygen atoms in total. The van der Waals surface area contributed by atoms with Crippen molar-refractivity contribution in [1.82, 2.24) is 9.80 Å². The Morgan fingerprint density at radius 3 is 2.92 bits per heavy atom. The van der Waals surface area contributed by atoms with Crippen molar-refractivity contribution in [3.8, 4) is 0 Å². The number of likely N-dealkylation sites (N-methyl/N-ethyl adjacent to an activating group) is 1. The van der Waals surface area contributed by atoms with E-state index in [4.69, 9.17) is 10.9 Å². The maximum atomic E-state index is 8.55. The first-order chi connectivity index (χ1) is 6.15. The average Bonchev–Trinajstić information content (AvgIpc) is 2.50. The maximum Gasteiger partial charge on any atom is 0.233 e. The lowest BCUT2D eigenvalue weighted by Crippen LogP contribution is -2.44. The molecule has 0 aromatic carbocycles. The summed E-state index contributed by atoms with van der Waals surface area (Å²) in [5, 5.41) is 11.6. The van der Waals surface area contributed by atoms with Crippen LogP contribution in [0.5, 0.6) is 0 Å². The van der Waals surface area contributed by atoms with Crippen molar-refractivity contribution >= 4 is 5.96 Å². The van der Waals surface area contributed by atoms with E-state index in [2.05, 4.69) is 10.1 Å². The number of rotatable bonds is 2. The third-order valence-electron chi connectivity index (χ3n) is 2.35. The number of guanidine groups is 1. The second kappa shape index (κ2) is 4.32. The summed E-state index contributed by atoms with van der Waals surface area (Å²) in [7, 11) is 4.06. The normalized spacial score (nSPS) is 24.4. The molecule has 0 saturated carbocycles. The van der Waals surface area contributed by atoms with Gasteiger partial charge in [0.25, 0.3) is 0 Å². The van der Waals surface area contributed by atoms with Crippen LogP contribution in [0.1, 0.15) is 12.8 Å². The fourth-order valence-corrected chi connectivity index (χ4v) is 1.81. The van der Waals surface area contributed by atoms with Gasteiger partial charge in [-0.05, 0) is 26.9 Å². The number of hydrogen-bond donors (Lipinski definition) is 2. The van der Waals surface area contributed by atoms with Gasteiger partial charge in [0.15, 0.2) is 0 Å². The molecule has 0 aromatic rings. The number of likely N-dealkylation sites (tertiary alicyclic amines) is 1. The molecule has 1 rings (SSSR count). The molecule has 1 aliphatic rings. The molecule has 13 heavy (non-hydrogen) atoms. The van der Waals surface area contributed by atoms with Crippen LogP contribution in [0, 0.1) is 0 Å². The lowest BCUT2D eigenvalue weighted by atomic mass is 10.2. The van der Waals surface area contributed by atoms with E-state index in [0.29, 0.717) is 6.04 Å². The Bertz CT molecular complexity index is 193. The van der Waals surface area contributed by atoms with Crippen molar-refractivity contribution < 1.29 is 5.21 Å². The van der Waals surface area contributed by atoms with Gasteiger partial charge in [0.1, 0.15) is 0 Å². The number of oxime groups is 1. The van der Waals surface area contributed by atoms with Gasteiger partial charge < -0.3 is 20.7 Å². The first-order valence-corrected chi connectivity index (χ1v) is 4.54. The predicted molar refractivity (Wildman–Crippen MR) is 51.7 cm³/mol. The van der Waals surface area contributed by atoms with Gasteiger partial charge >= 0.3 is 0 Å². The fraction of sp³-hybridized carbons (Fsp3) is 0.875. The fourth-order valence-electron chi connectivity index (χ4n) is 1.81. The van der Waals surface area contributed by atoms with Gasteiger partial charge in [-0.3, -0.25) is 0 Å². The molecule has 0 aliphatic carbocycles. The summed E-state index contributed by atoms with van der Waals surface area (Å²) in [5.74, 6) is 0.240. The standard InChI is InChI=1S/C8H18N4O/c1-11(2)6-7-4-3-5-12(7)8(9)10-13/h7,13H,3-6H2,1-2H3,(H2,9,10). The predicted octanol–water partition coefficient (Wildman–Crippen LogP) is -0.284. The summed E-state index contributed by atoms with van der Waals surface area (Å²) >= 11 is 0. The van der Waals surface area contributed by atoms with Gasteiger partial charge in [0.2, 0.25) is 5.96 Å². The molecule has 1 unspecified atom stereocenters. The van der Waals surface area contributed by atoms with E-state index in [1.165, 1.54) is 0 Å². The third kappa shape index (κ3) is 2.48. The number of hydrogen-bond acceptors (Lipinski definition) is 3. The van der Waals surface area contributed by atoms with E-state index in [1.54, 1.807) is 0 Å². The zero-order valence-corrected chi connectivity index (χ0v) is 8.27. The van der Waals surface area contributed by atoms with E-state index < -0.39 is 0 Å². The minimum atomic E-state index is 0.240. The van der Waals surface area contributed by atoms with Crippen LogP contribution in [0.25, 0.3) is 0 Å². The van der Waals surface area contributed by atoms with Gasteiger partial charge in [-0.25, -0.2) is 0 Å². The van der Waals surface area contributed by atoms with Crippen LogP contribution in [-0.4, -0.2) is 54.2 Å². The van der Waals surface area contributed by atoms with Crippen molar-refractivity contribution in [2.24, 2.45) is 10.9 Å². The second-order valence-electron chi connectivity index (χ2n) is 3.71. The van der Waals surface area contributed by atoms with Gasteiger partial charge in [-0.15, -0.1) is 0 Å². The molecule has 3 N–H and O–H groups in total. The molecule has 76 valence electrons. The Balaban J connectivity index is 2.53. The summed E-state index contributed by atoms with van der Waals surface area (Å²) in [5.41, 5.74) is 5.55. The minimum absolute atomic E-state index is 0.240. The lowest BCUT2D eigenvalue weighted by molar-refractivity contribution is 0.262. The van der Waals surface area contributed by atoms with Crippen LogP contribution in [-0.2, 0) is 0 Å². The molecule has 0 aromatic heterocycles. The Kier molecular flexibility index (Phi) is 3.36. The summed E-state index contributed by atoms with van der Waals surface area (Å²) in [6, 6.07) is 0.394. The van der Waals surface area contributed by atoms with E-state index in [9.17, 15) is 0 Å². The van der Waals surface area contributed by atoms with Crippen molar-refractivity contribution in [1.29, 1.82) is 0 Å². The van der Waals surface area contributed by atoms with E-state index in [-0.39, 0.29) is 5.96 Å². The molecule has 0 radical (unpaired) electrons. The molecule has 1 fully saturated rings. The van der Waals surface area contributed by atoms with Crippen molar-refractivity contribution in [2.75, 3.05) is 27.2 Å². The van der Waals surface area contributed by atoms with Crippen molar-refractivity contribution in [3.05, 3.63) is 0 Å². The topological polar surface area (TPSA) is 65.1 Å². The molecular weight excluding hydrogens is 168 g/mol. The van der Waals surface area contributed by atoms with Crippen LogP contribution in [0.4, 0.5) is 0 Å². The zero-order valence-electron chi connectivity index (χ0n) is 8.27. The van der Waals surface area contributed by atoms with Gasteiger partial charge in [-0.1, -0.05) is 5.16 Å². The van der Waals surface area contributed by atoms with Crippen LogP contribution < -0.4 is 5.73 Å². The molecular formula is C8H18N4O. The Hall–Kier alpha value is -0.970. The monoisotopic (exact) mass is 186 g/mol.